The second-order valence-electron chi connectivity index (χ2n) is 9.71. The Morgan fingerprint density at radius 1 is 1.00 bits per heavy atom. The molecule has 0 bridgehead atoms. The van der Waals surface area contributed by atoms with Crippen LogP contribution in [0, 0.1) is 6.92 Å². The minimum Gasteiger partial charge on any atom is -0.495 e. The molecule has 4 aromatic rings. The number of nitrogens with one attached hydrogen (secondary N) is 1. The van der Waals surface area contributed by atoms with Crippen molar-refractivity contribution >= 4 is 70.0 Å². The highest BCUT2D eigenvalue weighted by molar-refractivity contribution is 7.22. The predicted octanol–water partition coefficient (Wildman–Crippen LogP) is 4.78. The number of thiophene rings is 1. The number of ether oxygens (including phenoxy) is 1. The van der Waals surface area contributed by atoms with Crippen LogP contribution in [0.1, 0.15) is 29.7 Å². The van der Waals surface area contributed by atoms with E-state index in [0.717, 1.165) is 63.6 Å². The number of nitrogens with zero attached hydrogens (tertiary/aromatic N) is 5. The Kier molecular flexibility index (Phi) is 10.5. The number of hydrogen-bond donors (Lipinski definition) is 2. The zero-order valence-corrected chi connectivity index (χ0v) is 25.0. The van der Waals surface area contributed by atoms with Crippen LogP contribution in [0.4, 0.5) is 5.82 Å². The summed E-state index contributed by atoms with van der Waals surface area (Å²) in [5.74, 6) is 1.45. The smallest absolute Gasteiger partial charge is 0.152 e. The lowest BCUT2D eigenvalue weighted by molar-refractivity contribution is 0.227. The first-order chi connectivity index (χ1) is 17.1. The van der Waals surface area contributed by atoms with Gasteiger partial charge in [-0.25, -0.2) is 9.50 Å². The van der Waals surface area contributed by atoms with Gasteiger partial charge in [0.25, 0.3) is 0 Å². The third-order valence-corrected chi connectivity index (χ3v) is 8.50. The molecule has 2 aliphatic rings. The third kappa shape index (κ3) is 5.70. The van der Waals surface area contributed by atoms with Crippen molar-refractivity contribution in [2.45, 2.75) is 32.9 Å². The molecule has 38 heavy (non-hydrogen) atoms. The monoisotopic (exact) mass is 599 g/mol. The Morgan fingerprint density at radius 2 is 1.71 bits per heavy atom. The summed E-state index contributed by atoms with van der Waals surface area (Å²) in [7, 11) is 1.75. The molecule has 2 saturated heterocycles. The van der Waals surface area contributed by atoms with E-state index in [0.29, 0.717) is 5.82 Å². The minimum absolute atomic E-state index is 0. The van der Waals surface area contributed by atoms with Crippen molar-refractivity contribution in [3.05, 3.63) is 41.3 Å². The van der Waals surface area contributed by atoms with Crippen LogP contribution >= 0.6 is 48.6 Å². The molecule has 3 N–H and O–H groups in total. The van der Waals surface area contributed by atoms with Gasteiger partial charge in [0.05, 0.1) is 17.5 Å². The zero-order chi connectivity index (χ0) is 23.9. The van der Waals surface area contributed by atoms with Crippen molar-refractivity contribution in [2.75, 3.05) is 52.1 Å². The molecule has 6 rings (SSSR count). The summed E-state index contributed by atoms with van der Waals surface area (Å²) in [6.45, 7) is 10.3. The lowest BCUT2D eigenvalue weighted by Crippen LogP contribution is -2.43. The number of halogens is 3. The summed E-state index contributed by atoms with van der Waals surface area (Å²) in [5, 5.41) is 9.41. The van der Waals surface area contributed by atoms with Gasteiger partial charge in [-0.05, 0) is 61.5 Å². The number of methoxy groups -OCH3 is 1. The molecule has 5 heterocycles. The summed E-state index contributed by atoms with van der Waals surface area (Å²) >= 11 is 1.77. The number of nitrogen functional groups attached to an aromatic ring is 1. The summed E-state index contributed by atoms with van der Waals surface area (Å²) in [5.41, 5.74) is 12.4. The van der Waals surface area contributed by atoms with Gasteiger partial charge in [-0.1, -0.05) is 6.07 Å². The summed E-state index contributed by atoms with van der Waals surface area (Å²) < 4.78 is 8.98. The SMILES string of the molecule is COc1cc(C)cc2cc(-c3c(CN4CCCC4)c(CN4CCNCC4)n4ncnc(N)c34)sc12.Cl.Cl.Cl. The van der Waals surface area contributed by atoms with E-state index in [1.807, 2.05) is 0 Å². The molecule has 2 aliphatic heterocycles. The van der Waals surface area contributed by atoms with E-state index in [9.17, 15) is 0 Å². The lowest BCUT2D eigenvalue weighted by atomic mass is 10.1. The number of aromatic nitrogens is 3. The third-order valence-electron chi connectivity index (χ3n) is 7.32. The molecule has 2 fully saturated rings. The molecule has 0 atom stereocenters. The maximum Gasteiger partial charge on any atom is 0.152 e. The number of piperazine rings is 1. The van der Waals surface area contributed by atoms with Gasteiger partial charge in [0.2, 0.25) is 0 Å². The van der Waals surface area contributed by atoms with Crippen LogP contribution in [0.25, 0.3) is 26.0 Å². The molecule has 0 aliphatic carbocycles. The van der Waals surface area contributed by atoms with Gasteiger partial charge in [-0.2, -0.15) is 5.10 Å². The fourth-order valence-electron chi connectivity index (χ4n) is 5.60. The number of aryl methyl sites for hydroxylation is 1. The summed E-state index contributed by atoms with van der Waals surface area (Å²) in [4.78, 5) is 10.7. The molecule has 0 saturated carbocycles. The number of fused-ring (bicyclic) bond motifs is 2. The average molecular weight is 601 g/mol. The first-order valence-electron chi connectivity index (χ1n) is 12.5. The number of hydrogen-bond acceptors (Lipinski definition) is 8. The van der Waals surface area contributed by atoms with Crippen LogP contribution in [0.3, 0.4) is 0 Å². The molecular formula is C26H36Cl3N7OS. The summed E-state index contributed by atoms with van der Waals surface area (Å²) in [6, 6.07) is 6.63. The predicted molar refractivity (Wildman–Crippen MR) is 164 cm³/mol. The highest BCUT2D eigenvalue weighted by Crippen LogP contribution is 2.44. The van der Waals surface area contributed by atoms with E-state index in [1.165, 1.54) is 50.2 Å². The van der Waals surface area contributed by atoms with Gasteiger partial charge >= 0.3 is 0 Å². The Bertz CT molecular complexity index is 1380. The second-order valence-corrected chi connectivity index (χ2v) is 10.8. The summed E-state index contributed by atoms with van der Waals surface area (Å²) in [6.07, 6.45) is 4.11. The Hall–Kier alpha value is -1.85. The molecule has 1 aromatic carbocycles. The first kappa shape index (κ1) is 30.7. The van der Waals surface area contributed by atoms with E-state index in [2.05, 4.69) is 49.7 Å². The van der Waals surface area contributed by atoms with Crippen LogP contribution in [0.5, 0.6) is 5.75 Å². The first-order valence-corrected chi connectivity index (χ1v) is 13.3. The number of nitrogens with two attached hydrogens (primary N) is 1. The number of anilines is 1. The molecule has 0 spiro atoms. The topological polar surface area (TPSA) is 84.0 Å². The minimum atomic E-state index is 0. The Balaban J connectivity index is 0.00000133. The van der Waals surface area contributed by atoms with E-state index in [-0.39, 0.29) is 37.2 Å². The average Bonchev–Trinajstić information content (AvgIpc) is 3.59. The van der Waals surface area contributed by atoms with Gasteiger partial charge < -0.3 is 15.8 Å². The van der Waals surface area contributed by atoms with Gasteiger partial charge in [0.1, 0.15) is 17.6 Å². The zero-order valence-electron chi connectivity index (χ0n) is 21.7. The van der Waals surface area contributed by atoms with Crippen LogP contribution in [-0.4, -0.2) is 70.8 Å². The number of likely N-dealkylation sites (tertiary alicyclic amines) is 1. The van der Waals surface area contributed by atoms with Crippen molar-refractivity contribution in [1.82, 2.24) is 29.7 Å². The van der Waals surface area contributed by atoms with Gasteiger partial charge in [-0.3, -0.25) is 9.80 Å². The largest absolute Gasteiger partial charge is 0.495 e. The van der Waals surface area contributed by atoms with E-state index in [4.69, 9.17) is 15.6 Å². The van der Waals surface area contributed by atoms with Crippen LogP contribution in [0.15, 0.2) is 24.5 Å². The van der Waals surface area contributed by atoms with E-state index in [1.54, 1.807) is 24.8 Å². The van der Waals surface area contributed by atoms with Crippen molar-refractivity contribution < 1.29 is 4.74 Å². The fourth-order valence-corrected chi connectivity index (χ4v) is 6.81. The molecular weight excluding hydrogens is 565 g/mol. The molecule has 0 radical (unpaired) electrons. The van der Waals surface area contributed by atoms with Crippen LogP contribution in [0.2, 0.25) is 0 Å². The standard InChI is InChI=1S/C26H33N7OS.3ClH/c1-17-11-18-13-22(35-25(18)21(12-17)34-2)23-19(14-31-7-3-4-8-31)20(15-32-9-5-28-6-10-32)33-24(23)26(27)29-16-30-33;;;/h11-13,16,28H,3-10,14-15H2,1-2H3,(H2,27,29,30);3*1H. The fraction of sp³-hybridized carbons (Fsp3) is 0.462. The van der Waals surface area contributed by atoms with Crippen molar-refractivity contribution in [1.29, 1.82) is 0 Å². The van der Waals surface area contributed by atoms with E-state index >= 15 is 0 Å². The van der Waals surface area contributed by atoms with E-state index < -0.39 is 0 Å². The molecule has 3 aromatic heterocycles. The molecule has 8 nitrogen and oxygen atoms in total. The Labute approximate surface area is 246 Å². The molecule has 0 amide bonds. The second kappa shape index (κ2) is 13.0. The highest BCUT2D eigenvalue weighted by Gasteiger charge is 2.28. The van der Waals surface area contributed by atoms with Crippen molar-refractivity contribution in [3.8, 4) is 16.2 Å². The molecule has 0 unspecified atom stereocenters. The lowest BCUT2D eigenvalue weighted by Gasteiger charge is -2.27. The maximum atomic E-state index is 6.56. The number of benzene rings is 1. The molecule has 208 valence electrons. The highest BCUT2D eigenvalue weighted by atomic mass is 35.5. The van der Waals surface area contributed by atoms with Crippen LogP contribution in [-0.2, 0) is 13.1 Å². The van der Waals surface area contributed by atoms with Crippen molar-refractivity contribution in [2.24, 2.45) is 0 Å². The van der Waals surface area contributed by atoms with Gasteiger partial charge in [-0.15, -0.1) is 48.6 Å². The van der Waals surface area contributed by atoms with Gasteiger partial charge in [0.15, 0.2) is 5.82 Å². The van der Waals surface area contributed by atoms with Gasteiger partial charge in [0, 0.05) is 49.7 Å². The maximum absolute atomic E-state index is 6.56. The quantitative estimate of drug-likeness (QED) is 0.330. The molecule has 12 heteroatoms. The van der Waals surface area contributed by atoms with Crippen molar-refractivity contribution in [3.63, 3.8) is 0 Å². The normalized spacial score (nSPS) is 16.3. The Morgan fingerprint density at radius 3 is 2.42 bits per heavy atom. The van der Waals surface area contributed by atoms with Crippen LogP contribution < -0.4 is 15.8 Å². The number of rotatable bonds is 6.